The van der Waals surface area contributed by atoms with E-state index in [2.05, 4.69) is 48.2 Å². The van der Waals surface area contributed by atoms with Crippen LogP contribution in [0.3, 0.4) is 0 Å². The monoisotopic (exact) mass is 264 g/mol. The highest BCUT2D eigenvalue weighted by atomic mass is 35.5. The zero-order valence-corrected chi connectivity index (χ0v) is 11.9. The molecule has 0 N–H and O–H groups in total. The van der Waals surface area contributed by atoms with E-state index in [0.717, 1.165) is 12.0 Å². The van der Waals surface area contributed by atoms with Crippen LogP contribution in [0.5, 0.6) is 0 Å². The fourth-order valence-electron chi connectivity index (χ4n) is 4.43. The maximum Gasteiger partial charge on any atom is 0.0399 e. The van der Waals surface area contributed by atoms with E-state index in [1.807, 2.05) is 0 Å². The molecule has 1 aliphatic carbocycles. The van der Waals surface area contributed by atoms with E-state index in [1.165, 1.54) is 31.6 Å². The van der Waals surface area contributed by atoms with Crippen molar-refractivity contribution >= 4 is 18.1 Å². The Morgan fingerprint density at radius 3 is 2.67 bits per heavy atom. The third-order valence-corrected chi connectivity index (χ3v) is 5.29. The number of likely N-dealkylation sites (tertiary alicyclic amines) is 1. The van der Waals surface area contributed by atoms with Crippen molar-refractivity contribution in [2.24, 2.45) is 11.3 Å². The predicted molar refractivity (Wildman–Crippen MR) is 77.6 cm³/mol. The topological polar surface area (TPSA) is 6.48 Å². The van der Waals surface area contributed by atoms with E-state index in [0.29, 0.717) is 5.41 Å². The Morgan fingerprint density at radius 2 is 2.00 bits per heavy atom. The molecule has 98 valence electrons. The van der Waals surface area contributed by atoms with Gasteiger partial charge in [-0.15, -0.1) is 12.4 Å². The Morgan fingerprint density at radius 1 is 1.22 bits per heavy atom. The Balaban J connectivity index is 0.000001000. The number of halogens is 1. The average Bonchev–Trinajstić information content (AvgIpc) is 2.73. The molecule has 3 unspecified atom stereocenters. The van der Waals surface area contributed by atoms with Crippen LogP contribution in [0.15, 0.2) is 24.3 Å². The fraction of sp³-hybridized carbons (Fsp3) is 0.600. The van der Waals surface area contributed by atoms with Crippen molar-refractivity contribution in [2.75, 3.05) is 32.1 Å². The van der Waals surface area contributed by atoms with Gasteiger partial charge in [-0.1, -0.05) is 18.2 Å². The summed E-state index contributed by atoms with van der Waals surface area (Å²) in [6, 6.07) is 9.67. The molecule has 1 aromatic carbocycles. The summed E-state index contributed by atoms with van der Waals surface area (Å²) in [5.74, 6) is 0.967. The third-order valence-electron chi connectivity index (χ3n) is 5.29. The molecule has 0 bridgehead atoms. The van der Waals surface area contributed by atoms with Crippen LogP contribution in [-0.2, 0) is 6.42 Å². The maximum absolute atomic E-state index is 2.55. The van der Waals surface area contributed by atoms with E-state index in [4.69, 9.17) is 0 Å². The van der Waals surface area contributed by atoms with Crippen molar-refractivity contribution in [3.05, 3.63) is 29.8 Å². The lowest BCUT2D eigenvalue weighted by Gasteiger charge is -2.30. The molecule has 2 aliphatic heterocycles. The number of benzene rings is 1. The molecule has 0 aromatic heterocycles. The van der Waals surface area contributed by atoms with Gasteiger partial charge < -0.3 is 9.80 Å². The molecule has 0 amide bonds. The first-order valence-corrected chi connectivity index (χ1v) is 6.70. The van der Waals surface area contributed by atoms with Crippen molar-refractivity contribution in [1.82, 2.24) is 4.90 Å². The van der Waals surface area contributed by atoms with Crippen LogP contribution in [0, 0.1) is 11.3 Å². The number of nitrogens with zero attached hydrogens (tertiary/aromatic N) is 2. The lowest BCUT2D eigenvalue weighted by atomic mass is 9.92. The van der Waals surface area contributed by atoms with Crippen molar-refractivity contribution in [2.45, 2.75) is 18.9 Å². The van der Waals surface area contributed by atoms with Crippen LogP contribution < -0.4 is 4.90 Å². The van der Waals surface area contributed by atoms with Gasteiger partial charge in [0.05, 0.1) is 0 Å². The second-order valence-electron chi connectivity index (χ2n) is 6.29. The highest BCUT2D eigenvalue weighted by molar-refractivity contribution is 5.85. The van der Waals surface area contributed by atoms with Crippen LogP contribution in [0.2, 0.25) is 0 Å². The number of para-hydroxylation sites is 1. The molecule has 0 radical (unpaired) electrons. The zero-order valence-electron chi connectivity index (χ0n) is 11.1. The summed E-state index contributed by atoms with van der Waals surface area (Å²) in [4.78, 5) is 5.07. The van der Waals surface area contributed by atoms with E-state index < -0.39 is 0 Å². The summed E-state index contributed by atoms with van der Waals surface area (Å²) in [6.45, 7) is 2.63. The average molecular weight is 265 g/mol. The second kappa shape index (κ2) is 3.88. The molecule has 1 saturated carbocycles. The SMILES string of the molecule is CN1CC2CC2(C2Cc3ccccc3N2C)C1.Cl. The molecular weight excluding hydrogens is 244 g/mol. The molecule has 1 aromatic rings. The van der Waals surface area contributed by atoms with Crippen LogP contribution in [0.4, 0.5) is 5.69 Å². The lowest BCUT2D eigenvalue weighted by Crippen LogP contribution is -2.40. The Kier molecular flexibility index (Phi) is 2.65. The summed E-state index contributed by atoms with van der Waals surface area (Å²) in [5, 5.41) is 0. The number of piperidine rings is 1. The van der Waals surface area contributed by atoms with Crippen LogP contribution in [0.1, 0.15) is 12.0 Å². The van der Waals surface area contributed by atoms with Gasteiger partial charge in [-0.3, -0.25) is 0 Å². The summed E-state index contributed by atoms with van der Waals surface area (Å²) in [5.41, 5.74) is 3.63. The second-order valence-corrected chi connectivity index (χ2v) is 6.29. The molecule has 3 heteroatoms. The van der Waals surface area contributed by atoms with Crippen molar-refractivity contribution in [3.8, 4) is 0 Å². The highest BCUT2D eigenvalue weighted by Crippen LogP contribution is 2.62. The van der Waals surface area contributed by atoms with Crippen LogP contribution >= 0.6 is 12.4 Å². The van der Waals surface area contributed by atoms with E-state index in [-0.39, 0.29) is 12.4 Å². The molecule has 2 heterocycles. The smallest absolute Gasteiger partial charge is 0.0399 e. The standard InChI is InChI=1S/C15H20N2.ClH/c1-16-9-12-8-15(12,10-16)14-7-11-5-3-4-6-13(11)17(14)2;/h3-6,12,14H,7-10H2,1-2H3;1H. The van der Waals surface area contributed by atoms with Gasteiger partial charge in [0, 0.05) is 37.3 Å². The first-order valence-electron chi connectivity index (χ1n) is 6.70. The number of hydrogen-bond donors (Lipinski definition) is 0. The molecule has 2 nitrogen and oxygen atoms in total. The van der Waals surface area contributed by atoms with Crippen molar-refractivity contribution < 1.29 is 0 Å². The molecule has 2 fully saturated rings. The molecule has 4 rings (SSSR count). The Labute approximate surface area is 115 Å². The number of likely N-dealkylation sites (N-methyl/N-ethyl adjacent to an activating group) is 1. The normalized spacial score (nSPS) is 37.1. The fourth-order valence-corrected chi connectivity index (χ4v) is 4.43. The van der Waals surface area contributed by atoms with Gasteiger partial charge in [-0.25, -0.2) is 0 Å². The molecule has 0 spiro atoms. The van der Waals surface area contributed by atoms with Crippen LogP contribution in [-0.4, -0.2) is 38.1 Å². The highest BCUT2D eigenvalue weighted by Gasteiger charge is 2.64. The van der Waals surface area contributed by atoms with E-state index >= 15 is 0 Å². The maximum atomic E-state index is 2.55. The lowest BCUT2D eigenvalue weighted by molar-refractivity contribution is 0.305. The third kappa shape index (κ3) is 1.45. The Bertz CT molecular complexity index is 475. The van der Waals surface area contributed by atoms with Gasteiger partial charge in [0.25, 0.3) is 0 Å². The minimum atomic E-state index is 0. The Hall–Kier alpha value is -0.730. The van der Waals surface area contributed by atoms with Crippen molar-refractivity contribution in [1.29, 1.82) is 0 Å². The number of hydrogen-bond acceptors (Lipinski definition) is 2. The van der Waals surface area contributed by atoms with Crippen LogP contribution in [0.25, 0.3) is 0 Å². The summed E-state index contributed by atoms with van der Waals surface area (Å²) in [7, 11) is 4.56. The van der Waals surface area contributed by atoms with Gasteiger partial charge in [0.2, 0.25) is 0 Å². The first kappa shape index (κ1) is 12.3. The summed E-state index contributed by atoms with van der Waals surface area (Å²) < 4.78 is 0. The van der Waals surface area contributed by atoms with E-state index in [9.17, 15) is 0 Å². The van der Waals surface area contributed by atoms with Gasteiger partial charge in [-0.2, -0.15) is 0 Å². The predicted octanol–water partition coefficient (Wildman–Crippen LogP) is 2.42. The van der Waals surface area contributed by atoms with E-state index in [1.54, 1.807) is 5.56 Å². The summed E-state index contributed by atoms with van der Waals surface area (Å²) >= 11 is 0. The van der Waals surface area contributed by atoms with Gasteiger partial charge >= 0.3 is 0 Å². The number of rotatable bonds is 1. The zero-order chi connectivity index (χ0) is 11.6. The molecule has 3 atom stereocenters. The van der Waals surface area contributed by atoms with Crippen molar-refractivity contribution in [3.63, 3.8) is 0 Å². The van der Waals surface area contributed by atoms with Gasteiger partial charge in [0.15, 0.2) is 0 Å². The molecule has 18 heavy (non-hydrogen) atoms. The summed E-state index contributed by atoms with van der Waals surface area (Å²) in [6.07, 6.45) is 2.72. The molecule has 3 aliphatic rings. The minimum absolute atomic E-state index is 0. The number of anilines is 1. The molecule has 1 saturated heterocycles. The van der Waals surface area contributed by atoms with Gasteiger partial charge in [-0.05, 0) is 37.4 Å². The quantitative estimate of drug-likeness (QED) is 0.769. The molecular formula is C15H21ClN2. The van der Waals surface area contributed by atoms with Gasteiger partial charge in [0.1, 0.15) is 0 Å². The largest absolute Gasteiger partial charge is 0.370 e. The minimum Gasteiger partial charge on any atom is -0.370 e. The number of fused-ring (bicyclic) bond motifs is 2. The first-order chi connectivity index (χ1) is 8.21.